The highest BCUT2D eigenvalue weighted by Crippen LogP contribution is 2.40. The van der Waals surface area contributed by atoms with E-state index in [0.717, 1.165) is 6.92 Å². The fraction of sp³-hybridized carbons (Fsp3) is 0.375. The number of Topliss-reactive ketones (excluding diaryl/α,β-unsaturated/α-hetero) is 1. The van der Waals surface area contributed by atoms with Crippen molar-refractivity contribution in [3.8, 4) is 0 Å². The quantitative estimate of drug-likeness (QED) is 0.207. The molecule has 0 saturated heterocycles. The lowest BCUT2D eigenvalue weighted by Gasteiger charge is -2.19. The van der Waals surface area contributed by atoms with E-state index < -0.39 is 103 Å². The van der Waals surface area contributed by atoms with Crippen molar-refractivity contribution in [1.29, 1.82) is 0 Å². The van der Waals surface area contributed by atoms with Crippen LogP contribution in [-0.2, 0) is 16.0 Å². The van der Waals surface area contributed by atoms with Gasteiger partial charge in [0.05, 0.1) is 11.3 Å². The molecule has 0 N–H and O–H groups in total. The van der Waals surface area contributed by atoms with Crippen LogP contribution < -0.4 is 0 Å². The molecule has 0 bridgehead atoms. The van der Waals surface area contributed by atoms with Crippen molar-refractivity contribution in [2.45, 2.75) is 37.8 Å². The maximum Gasteiger partial charge on any atom is 0.417 e. The van der Waals surface area contributed by atoms with Crippen LogP contribution in [-0.4, -0.2) is 38.1 Å². The third-order valence-corrected chi connectivity index (χ3v) is 7.33. The van der Waals surface area contributed by atoms with E-state index in [1.165, 1.54) is 0 Å². The fourth-order valence-electron chi connectivity index (χ4n) is 3.77. The Balaban J connectivity index is 2.44. The number of carbonyl (C=O) groups is 1. The van der Waals surface area contributed by atoms with Gasteiger partial charge in [-0.1, -0.05) is 30.7 Å². The third kappa shape index (κ3) is 9.75. The molecule has 0 amide bonds. The number of hydrogen-bond acceptors (Lipinski definition) is 3. The summed E-state index contributed by atoms with van der Waals surface area (Å²) >= 11 is 5.55. The molecule has 222 valence electrons. The first kappa shape index (κ1) is 33.5. The van der Waals surface area contributed by atoms with Gasteiger partial charge >= 0.3 is 18.5 Å². The van der Waals surface area contributed by atoms with E-state index >= 15 is 0 Å². The van der Waals surface area contributed by atoms with Crippen molar-refractivity contribution >= 4 is 33.0 Å². The molecule has 0 saturated carbocycles. The molecule has 1 unspecified atom stereocenters. The first-order chi connectivity index (χ1) is 18.0. The van der Waals surface area contributed by atoms with Crippen molar-refractivity contribution in [3.63, 3.8) is 0 Å². The molecule has 2 rings (SSSR count). The molecular weight excluding hydrogens is 613 g/mol. The Hall–Kier alpha value is -2.68. The van der Waals surface area contributed by atoms with Crippen molar-refractivity contribution in [2.75, 3.05) is 11.5 Å². The van der Waals surface area contributed by atoms with Gasteiger partial charge in [-0.15, -0.1) is 0 Å². The van der Waals surface area contributed by atoms with E-state index in [2.05, 4.69) is 0 Å². The minimum atomic E-state index is -5.34. The molecule has 16 heteroatoms. The van der Waals surface area contributed by atoms with Crippen LogP contribution >= 0.6 is 11.6 Å². The second kappa shape index (κ2) is 12.0. The second-order valence-electron chi connectivity index (χ2n) is 8.90. The van der Waals surface area contributed by atoms with Gasteiger partial charge < -0.3 is 0 Å². The zero-order valence-electron chi connectivity index (χ0n) is 20.0. The smallest absolute Gasteiger partial charge is 0.294 e. The summed E-state index contributed by atoms with van der Waals surface area (Å²) in [5.74, 6) is -11.9. The molecule has 40 heavy (non-hydrogen) atoms. The van der Waals surface area contributed by atoms with Crippen LogP contribution in [0.1, 0.15) is 46.3 Å². The standard InChI is InChI=1S/C24H18ClF11O3S/c1-12(10-40(38,39)11-22(28,29)30)4-21(37)17-3-2-13(7-19(17)24(34,35)36)20(27)9-18(23(31,32)33)14-5-15(25)8-16(26)6-14/h2-3,5-9,12,18H,4,10-11H2,1H3/b20-9-/t12-,18?/m0/s1. The van der Waals surface area contributed by atoms with Gasteiger partial charge in [-0.3, -0.25) is 4.79 Å². The van der Waals surface area contributed by atoms with Gasteiger partial charge in [0.15, 0.2) is 15.6 Å². The van der Waals surface area contributed by atoms with Crippen LogP contribution in [0.2, 0.25) is 5.02 Å². The average molecular weight is 631 g/mol. The van der Waals surface area contributed by atoms with E-state index in [9.17, 15) is 61.5 Å². The van der Waals surface area contributed by atoms with Gasteiger partial charge in [0, 0.05) is 22.6 Å². The Morgan fingerprint density at radius 2 is 1.57 bits per heavy atom. The molecule has 2 atom stereocenters. The first-order valence-corrected chi connectivity index (χ1v) is 13.1. The summed E-state index contributed by atoms with van der Waals surface area (Å²) in [6.45, 7) is 1.02. The Bertz CT molecular complexity index is 1360. The van der Waals surface area contributed by atoms with Crippen molar-refractivity contribution in [2.24, 2.45) is 5.92 Å². The van der Waals surface area contributed by atoms with Gasteiger partial charge in [-0.25, -0.2) is 17.2 Å². The zero-order chi connectivity index (χ0) is 30.8. The minimum absolute atomic E-state index is 0.0517. The molecule has 0 aliphatic rings. The summed E-state index contributed by atoms with van der Waals surface area (Å²) in [6.07, 6.45) is -16.7. The maximum atomic E-state index is 14.9. The normalized spacial score (nSPS) is 15.2. The molecule has 2 aromatic carbocycles. The Labute approximate surface area is 225 Å². The molecule has 0 aromatic heterocycles. The number of sulfone groups is 1. The number of rotatable bonds is 9. The lowest BCUT2D eigenvalue weighted by atomic mass is 9.93. The Morgan fingerprint density at radius 1 is 0.975 bits per heavy atom. The van der Waals surface area contributed by atoms with Crippen LogP contribution in [0.25, 0.3) is 5.83 Å². The first-order valence-electron chi connectivity index (χ1n) is 10.9. The predicted octanol–water partition coefficient (Wildman–Crippen LogP) is 8.34. The summed E-state index contributed by atoms with van der Waals surface area (Å²) < 4.78 is 171. The molecule has 0 fully saturated rings. The highest BCUT2D eigenvalue weighted by Gasteiger charge is 2.41. The summed E-state index contributed by atoms with van der Waals surface area (Å²) in [7, 11) is -4.76. The minimum Gasteiger partial charge on any atom is -0.294 e. The van der Waals surface area contributed by atoms with Crippen LogP contribution in [0.15, 0.2) is 42.5 Å². The van der Waals surface area contributed by atoms with Crippen molar-refractivity contribution in [1.82, 2.24) is 0 Å². The molecular formula is C24H18ClF11O3S. The number of benzene rings is 2. The summed E-state index contributed by atoms with van der Waals surface area (Å²) in [5.41, 5.74) is -4.75. The lowest BCUT2D eigenvalue weighted by Crippen LogP contribution is -2.28. The number of carbonyl (C=O) groups excluding carboxylic acids is 1. The van der Waals surface area contributed by atoms with Crippen molar-refractivity contribution in [3.05, 3.63) is 75.6 Å². The Morgan fingerprint density at radius 3 is 2.08 bits per heavy atom. The van der Waals surface area contributed by atoms with Crippen LogP contribution in [0.3, 0.4) is 0 Å². The molecule has 0 aliphatic heterocycles. The summed E-state index contributed by atoms with van der Waals surface area (Å²) in [6, 6.07) is 2.84. The van der Waals surface area contributed by atoms with E-state index in [1.807, 2.05) is 0 Å². The van der Waals surface area contributed by atoms with Gasteiger partial charge in [0.1, 0.15) is 23.3 Å². The molecule has 2 aromatic rings. The van der Waals surface area contributed by atoms with Gasteiger partial charge in [-0.2, -0.15) is 39.5 Å². The topological polar surface area (TPSA) is 51.2 Å². The number of hydrogen-bond donors (Lipinski definition) is 0. The fourth-order valence-corrected chi connectivity index (χ4v) is 5.61. The molecule has 0 heterocycles. The molecule has 0 spiro atoms. The lowest BCUT2D eigenvalue weighted by molar-refractivity contribution is -0.140. The predicted molar refractivity (Wildman–Crippen MR) is 124 cm³/mol. The average Bonchev–Trinajstić information content (AvgIpc) is 2.72. The summed E-state index contributed by atoms with van der Waals surface area (Å²) in [4.78, 5) is 12.5. The number of halogens is 12. The van der Waals surface area contributed by atoms with E-state index in [1.54, 1.807) is 0 Å². The third-order valence-electron chi connectivity index (χ3n) is 5.27. The largest absolute Gasteiger partial charge is 0.417 e. The van der Waals surface area contributed by atoms with Gasteiger partial charge in [0.2, 0.25) is 0 Å². The summed E-state index contributed by atoms with van der Waals surface area (Å²) in [5, 5.41) is -0.458. The van der Waals surface area contributed by atoms with Gasteiger partial charge in [0.25, 0.3) is 0 Å². The molecule has 3 nitrogen and oxygen atoms in total. The van der Waals surface area contributed by atoms with Crippen LogP contribution in [0.4, 0.5) is 48.3 Å². The molecule has 0 radical (unpaired) electrons. The zero-order valence-corrected chi connectivity index (χ0v) is 21.6. The van der Waals surface area contributed by atoms with Crippen LogP contribution in [0, 0.1) is 11.7 Å². The second-order valence-corrected chi connectivity index (χ2v) is 11.4. The highest BCUT2D eigenvalue weighted by atomic mass is 35.5. The number of alkyl halides is 9. The molecule has 0 aliphatic carbocycles. The highest BCUT2D eigenvalue weighted by molar-refractivity contribution is 7.91. The number of ketones is 1. The van der Waals surface area contributed by atoms with Crippen molar-refractivity contribution < 1.29 is 61.5 Å². The SMILES string of the molecule is C[C@@H](CC(=O)c1ccc(/C(F)=C/C(c2cc(F)cc(Cl)c2)C(F)(F)F)cc1C(F)(F)F)CS(=O)(=O)CC(F)(F)F. The number of allylic oxidation sites excluding steroid dienone is 1. The van der Waals surface area contributed by atoms with E-state index in [-0.39, 0.29) is 12.1 Å². The van der Waals surface area contributed by atoms with Crippen LogP contribution in [0.5, 0.6) is 0 Å². The Kier molecular flexibility index (Phi) is 10.1. The monoisotopic (exact) mass is 630 g/mol. The maximum absolute atomic E-state index is 14.9. The van der Waals surface area contributed by atoms with E-state index in [4.69, 9.17) is 11.6 Å². The van der Waals surface area contributed by atoms with E-state index in [0.29, 0.717) is 30.3 Å². The van der Waals surface area contributed by atoms with Gasteiger partial charge in [-0.05, 0) is 41.8 Å².